The molecule has 33 heavy (non-hydrogen) atoms. The van der Waals surface area contributed by atoms with E-state index in [2.05, 4.69) is 32.0 Å². The van der Waals surface area contributed by atoms with Crippen molar-refractivity contribution >= 4 is 22.8 Å². The summed E-state index contributed by atoms with van der Waals surface area (Å²) in [5, 5.41) is 4.50. The first-order valence-corrected chi connectivity index (χ1v) is 11.9. The molecule has 9 heteroatoms. The topological polar surface area (TPSA) is 85.2 Å². The summed E-state index contributed by atoms with van der Waals surface area (Å²) >= 11 is 6.10. The minimum absolute atomic E-state index is 0.265. The van der Waals surface area contributed by atoms with Crippen LogP contribution in [0.1, 0.15) is 38.3 Å². The summed E-state index contributed by atoms with van der Waals surface area (Å²) in [6.07, 6.45) is 12.4. The van der Waals surface area contributed by atoms with Gasteiger partial charge in [0.15, 0.2) is 17.3 Å². The van der Waals surface area contributed by atoms with Crippen LogP contribution in [0.2, 0.25) is 5.15 Å². The number of H-pyrrole nitrogens is 1. The zero-order chi connectivity index (χ0) is 22.7. The number of hydrogen-bond donors (Lipinski definition) is 1. The average Bonchev–Trinajstić information content (AvgIpc) is 3.43. The van der Waals surface area contributed by atoms with Crippen molar-refractivity contribution in [1.29, 1.82) is 0 Å². The molecule has 3 aliphatic rings. The molecule has 0 radical (unpaired) electrons. The lowest BCUT2D eigenvalue weighted by Crippen LogP contribution is -2.39. The Bertz CT molecular complexity index is 1340. The van der Waals surface area contributed by atoms with E-state index in [-0.39, 0.29) is 16.7 Å². The molecule has 170 valence electrons. The van der Waals surface area contributed by atoms with Crippen molar-refractivity contribution in [2.45, 2.75) is 39.0 Å². The van der Waals surface area contributed by atoms with Crippen molar-refractivity contribution in [3.05, 3.63) is 41.5 Å². The molecule has 0 unspecified atom stereocenters. The second-order valence-corrected chi connectivity index (χ2v) is 9.94. The number of fused-ring (bicyclic) bond motifs is 4. The fourth-order valence-electron chi connectivity index (χ4n) is 5.98. The summed E-state index contributed by atoms with van der Waals surface area (Å²) < 4.78 is 17.5. The lowest BCUT2D eigenvalue weighted by Gasteiger charge is -2.47. The molecule has 3 aliphatic carbocycles. The summed E-state index contributed by atoms with van der Waals surface area (Å²) in [5.41, 5.74) is 3.17. The van der Waals surface area contributed by atoms with Crippen molar-refractivity contribution in [1.82, 2.24) is 34.7 Å². The second kappa shape index (κ2) is 7.87. The molecule has 0 spiro atoms. The largest absolute Gasteiger partial charge is 0.344 e. The first kappa shape index (κ1) is 20.7. The van der Waals surface area contributed by atoms with Gasteiger partial charge in [0.25, 0.3) is 0 Å². The minimum Gasteiger partial charge on any atom is -0.344 e. The van der Waals surface area contributed by atoms with Gasteiger partial charge in [0.05, 0.1) is 23.7 Å². The number of hydrogen-bond acceptors (Lipinski definition) is 5. The summed E-state index contributed by atoms with van der Waals surface area (Å²) in [6, 6.07) is 0. The fourth-order valence-corrected chi connectivity index (χ4v) is 6.11. The summed E-state index contributed by atoms with van der Waals surface area (Å²) in [5.74, 6) is 2.46. The summed E-state index contributed by atoms with van der Waals surface area (Å²) in [6.45, 7) is 2.33. The van der Waals surface area contributed by atoms with Gasteiger partial charge in [-0.15, -0.1) is 0 Å². The number of aryl methyl sites for hydroxylation is 1. The number of halogens is 2. The summed E-state index contributed by atoms with van der Waals surface area (Å²) in [7, 11) is 1.81. The molecule has 3 saturated carbocycles. The molecule has 4 aromatic rings. The average molecular weight is 466 g/mol. The highest BCUT2D eigenvalue weighted by Crippen LogP contribution is 2.50. The van der Waals surface area contributed by atoms with E-state index in [0.29, 0.717) is 58.0 Å². The Morgan fingerprint density at radius 1 is 1.12 bits per heavy atom. The normalized spacial score (nSPS) is 24.6. The molecule has 2 atom stereocenters. The van der Waals surface area contributed by atoms with E-state index in [1.54, 1.807) is 23.3 Å². The van der Waals surface area contributed by atoms with Gasteiger partial charge in [0.1, 0.15) is 16.4 Å². The molecule has 0 amide bonds. The van der Waals surface area contributed by atoms with E-state index in [1.807, 2.05) is 7.05 Å². The van der Waals surface area contributed by atoms with Gasteiger partial charge in [0.2, 0.25) is 0 Å². The first-order chi connectivity index (χ1) is 16.0. The molecule has 0 aromatic carbocycles. The predicted octanol–water partition coefficient (Wildman–Crippen LogP) is 5.22. The first-order valence-electron chi connectivity index (χ1n) is 11.5. The lowest BCUT2D eigenvalue weighted by molar-refractivity contribution is 0.0334. The molecule has 0 saturated heterocycles. The number of aromatic nitrogens is 7. The van der Waals surface area contributed by atoms with Crippen LogP contribution >= 0.6 is 11.6 Å². The minimum atomic E-state index is -0.357. The monoisotopic (exact) mass is 465 g/mol. The van der Waals surface area contributed by atoms with Crippen LogP contribution in [0.15, 0.2) is 24.8 Å². The third kappa shape index (κ3) is 3.51. The molecule has 7 nitrogen and oxygen atoms in total. The number of rotatable bonds is 4. The maximum absolute atomic E-state index is 15.9. The number of nitrogens with zero attached hydrogens (tertiary/aromatic N) is 6. The lowest BCUT2D eigenvalue weighted by atomic mass is 9.58. The molecule has 7 rings (SSSR count). The van der Waals surface area contributed by atoms with Crippen LogP contribution in [0.5, 0.6) is 0 Å². The van der Waals surface area contributed by atoms with Gasteiger partial charge in [-0.1, -0.05) is 18.5 Å². The third-order valence-corrected chi connectivity index (χ3v) is 7.94. The van der Waals surface area contributed by atoms with Gasteiger partial charge in [0, 0.05) is 25.0 Å². The van der Waals surface area contributed by atoms with E-state index in [0.717, 1.165) is 5.92 Å². The highest BCUT2D eigenvalue weighted by atomic mass is 35.5. The Balaban J connectivity index is 1.49. The highest BCUT2D eigenvalue weighted by Gasteiger charge is 2.41. The Labute approximate surface area is 195 Å². The molecular weight excluding hydrogens is 441 g/mol. The third-order valence-electron chi connectivity index (χ3n) is 7.76. The summed E-state index contributed by atoms with van der Waals surface area (Å²) in [4.78, 5) is 21.2. The van der Waals surface area contributed by atoms with Gasteiger partial charge in [-0.3, -0.25) is 4.68 Å². The molecule has 2 bridgehead atoms. The van der Waals surface area contributed by atoms with E-state index in [1.165, 1.54) is 31.9 Å². The molecular formula is C24H25ClFN7. The van der Waals surface area contributed by atoms with Crippen LogP contribution in [0.25, 0.3) is 33.8 Å². The maximum atomic E-state index is 15.9. The number of aromatic amines is 1. The Morgan fingerprint density at radius 2 is 1.91 bits per heavy atom. The van der Waals surface area contributed by atoms with Crippen LogP contribution in [0, 0.1) is 29.5 Å². The Hall–Kier alpha value is -2.87. The quantitative estimate of drug-likeness (QED) is 0.446. The van der Waals surface area contributed by atoms with Crippen molar-refractivity contribution in [2.75, 3.05) is 0 Å². The fraction of sp³-hybridized carbons (Fsp3) is 0.458. The molecule has 3 fully saturated rings. The van der Waals surface area contributed by atoms with E-state index < -0.39 is 0 Å². The maximum Gasteiger partial charge on any atom is 0.171 e. The van der Waals surface area contributed by atoms with Crippen molar-refractivity contribution < 1.29 is 4.39 Å². The molecule has 0 aliphatic heterocycles. The van der Waals surface area contributed by atoms with Crippen LogP contribution < -0.4 is 0 Å². The van der Waals surface area contributed by atoms with Crippen LogP contribution in [-0.2, 0) is 13.5 Å². The van der Waals surface area contributed by atoms with Crippen molar-refractivity contribution in [3.8, 4) is 22.6 Å². The zero-order valence-corrected chi connectivity index (χ0v) is 19.3. The van der Waals surface area contributed by atoms with Crippen molar-refractivity contribution in [3.63, 3.8) is 0 Å². The smallest absolute Gasteiger partial charge is 0.171 e. The van der Waals surface area contributed by atoms with Crippen LogP contribution in [-0.4, -0.2) is 34.7 Å². The van der Waals surface area contributed by atoms with E-state index in [4.69, 9.17) is 16.6 Å². The molecule has 4 heterocycles. The SMILES string of the molecule is C[C@@H]1C2CCC(CC2)[C@H]1Cc1nc(-c2c[nH]c3ncc(Cl)nc23)nc(-c2cnn(C)c2)c1F. The molecule has 4 aromatic heterocycles. The predicted molar refractivity (Wildman–Crippen MR) is 124 cm³/mol. The van der Waals surface area contributed by atoms with Gasteiger partial charge >= 0.3 is 0 Å². The van der Waals surface area contributed by atoms with Gasteiger partial charge in [-0.05, 0) is 55.8 Å². The van der Waals surface area contributed by atoms with Crippen molar-refractivity contribution in [2.24, 2.45) is 30.7 Å². The van der Waals surface area contributed by atoms with Gasteiger partial charge in [-0.25, -0.2) is 24.3 Å². The highest BCUT2D eigenvalue weighted by molar-refractivity contribution is 6.29. The number of nitrogens with one attached hydrogen (secondary N) is 1. The molecule has 1 N–H and O–H groups in total. The second-order valence-electron chi connectivity index (χ2n) is 9.55. The van der Waals surface area contributed by atoms with E-state index >= 15 is 4.39 Å². The Kier molecular flexibility index (Phi) is 4.94. The van der Waals surface area contributed by atoms with Gasteiger partial charge in [-0.2, -0.15) is 5.10 Å². The standard InChI is InChI=1S/C24H25ClFN7/c1-12-13-3-5-14(6-4-13)16(12)7-18-20(26)21(15-8-29-33(2)11-15)32-23(30-18)17-9-27-24-22(17)31-19(25)10-28-24/h8-14,16H,3-7H2,1-2H3,(H,27,28)/t12-,13?,14?,16+/m1/s1. The van der Waals surface area contributed by atoms with E-state index in [9.17, 15) is 0 Å². The van der Waals surface area contributed by atoms with Crippen LogP contribution in [0.4, 0.5) is 4.39 Å². The van der Waals surface area contributed by atoms with Crippen LogP contribution in [0.3, 0.4) is 0 Å². The Morgan fingerprint density at radius 3 is 2.64 bits per heavy atom. The zero-order valence-electron chi connectivity index (χ0n) is 18.6. The van der Waals surface area contributed by atoms with Gasteiger partial charge < -0.3 is 4.98 Å².